The Morgan fingerprint density at radius 3 is 2.38 bits per heavy atom. The Kier molecular flexibility index (Phi) is 1.15. The molecule has 1 aliphatic rings. The number of hydrogen-bond acceptors (Lipinski definition) is 2. The van der Waals surface area contributed by atoms with Gasteiger partial charge in [0.25, 0.3) is 0 Å². The Hall–Kier alpha value is -0.310. The molecular formula is C5H8O2S. The quantitative estimate of drug-likeness (QED) is 0.526. The van der Waals surface area contributed by atoms with Crippen LogP contribution in [0.25, 0.3) is 0 Å². The normalized spacial score (nSPS) is 23.9. The van der Waals surface area contributed by atoms with Crippen molar-refractivity contribution in [1.82, 2.24) is 0 Å². The molecule has 0 spiro atoms. The Labute approximate surface area is 49.1 Å². The van der Waals surface area contributed by atoms with Gasteiger partial charge in [-0.1, -0.05) is 6.92 Å². The SMILES string of the molecule is CCC1=CS(=O)(=O)C1. The van der Waals surface area contributed by atoms with Gasteiger partial charge in [-0.2, -0.15) is 0 Å². The summed E-state index contributed by atoms with van der Waals surface area (Å²) in [6.45, 7) is 1.96. The first-order valence-electron chi connectivity index (χ1n) is 2.56. The van der Waals surface area contributed by atoms with Crippen LogP contribution in [0, 0.1) is 0 Å². The number of sulfone groups is 1. The van der Waals surface area contributed by atoms with Crippen LogP contribution in [0.2, 0.25) is 0 Å². The molecule has 0 saturated heterocycles. The molecule has 0 unspecified atom stereocenters. The summed E-state index contributed by atoms with van der Waals surface area (Å²) in [5, 5.41) is 1.35. The van der Waals surface area contributed by atoms with Crippen LogP contribution in [0.1, 0.15) is 13.3 Å². The molecule has 0 aromatic carbocycles. The molecule has 0 radical (unpaired) electrons. The van der Waals surface area contributed by atoms with E-state index in [2.05, 4.69) is 0 Å². The van der Waals surface area contributed by atoms with Crippen LogP contribution >= 0.6 is 0 Å². The van der Waals surface area contributed by atoms with E-state index in [0.717, 1.165) is 12.0 Å². The summed E-state index contributed by atoms with van der Waals surface area (Å²) in [5.74, 6) is 0.295. The highest BCUT2D eigenvalue weighted by atomic mass is 32.2. The second-order valence-electron chi connectivity index (χ2n) is 1.94. The minimum atomic E-state index is -2.70. The lowest BCUT2D eigenvalue weighted by atomic mass is 10.3. The van der Waals surface area contributed by atoms with E-state index in [0.29, 0.717) is 5.75 Å². The van der Waals surface area contributed by atoms with Gasteiger partial charge in [-0.15, -0.1) is 0 Å². The molecule has 8 heavy (non-hydrogen) atoms. The molecule has 0 bridgehead atoms. The molecule has 0 saturated carbocycles. The number of hydrogen-bond donors (Lipinski definition) is 0. The Morgan fingerprint density at radius 1 is 1.75 bits per heavy atom. The maximum atomic E-state index is 10.4. The lowest BCUT2D eigenvalue weighted by Crippen LogP contribution is -2.15. The van der Waals surface area contributed by atoms with Crippen molar-refractivity contribution in [2.45, 2.75) is 13.3 Å². The molecule has 0 amide bonds. The van der Waals surface area contributed by atoms with Crippen molar-refractivity contribution in [3.05, 3.63) is 11.0 Å². The van der Waals surface area contributed by atoms with E-state index in [1.165, 1.54) is 5.41 Å². The molecule has 0 aliphatic carbocycles. The monoisotopic (exact) mass is 132 g/mol. The fraction of sp³-hybridized carbons (Fsp3) is 0.600. The van der Waals surface area contributed by atoms with Gasteiger partial charge < -0.3 is 0 Å². The Morgan fingerprint density at radius 2 is 2.25 bits per heavy atom. The molecule has 1 rings (SSSR count). The van der Waals surface area contributed by atoms with Crippen molar-refractivity contribution in [3.8, 4) is 0 Å². The highest BCUT2D eigenvalue weighted by Crippen LogP contribution is 2.17. The Balaban J connectivity index is 2.78. The van der Waals surface area contributed by atoms with E-state index < -0.39 is 9.84 Å². The molecule has 46 valence electrons. The summed E-state index contributed by atoms with van der Waals surface area (Å²) >= 11 is 0. The van der Waals surface area contributed by atoms with Crippen LogP contribution in [0.3, 0.4) is 0 Å². The topological polar surface area (TPSA) is 34.1 Å². The third-order valence-corrected chi connectivity index (χ3v) is 2.65. The molecule has 0 N–H and O–H groups in total. The minimum absolute atomic E-state index is 0.295. The van der Waals surface area contributed by atoms with Crippen LogP contribution in [-0.4, -0.2) is 14.2 Å². The van der Waals surface area contributed by atoms with Gasteiger partial charge in [-0.3, -0.25) is 0 Å². The van der Waals surface area contributed by atoms with Crippen molar-refractivity contribution in [2.75, 3.05) is 5.75 Å². The minimum Gasteiger partial charge on any atom is -0.224 e. The smallest absolute Gasteiger partial charge is 0.175 e. The van der Waals surface area contributed by atoms with Gasteiger partial charge in [0.05, 0.1) is 5.75 Å². The predicted octanol–water partition coefficient (Wildman–Crippen LogP) is 0.709. The zero-order valence-electron chi connectivity index (χ0n) is 4.72. The molecule has 0 atom stereocenters. The van der Waals surface area contributed by atoms with Crippen LogP contribution in [-0.2, 0) is 9.84 Å². The van der Waals surface area contributed by atoms with Gasteiger partial charge in [0, 0.05) is 5.41 Å². The Bertz CT molecular complexity index is 211. The van der Waals surface area contributed by atoms with Gasteiger partial charge in [0.2, 0.25) is 0 Å². The largest absolute Gasteiger partial charge is 0.224 e. The molecule has 0 aromatic heterocycles. The summed E-state index contributed by atoms with van der Waals surface area (Å²) in [5.41, 5.74) is 1.05. The highest BCUT2D eigenvalue weighted by molar-refractivity contribution is 7.95. The van der Waals surface area contributed by atoms with E-state index in [1.807, 2.05) is 6.92 Å². The van der Waals surface area contributed by atoms with Crippen molar-refractivity contribution < 1.29 is 8.42 Å². The fourth-order valence-corrected chi connectivity index (χ4v) is 2.02. The highest BCUT2D eigenvalue weighted by Gasteiger charge is 2.19. The van der Waals surface area contributed by atoms with Gasteiger partial charge in [0.1, 0.15) is 0 Å². The summed E-state index contributed by atoms with van der Waals surface area (Å²) in [6.07, 6.45) is 0.874. The first kappa shape index (κ1) is 5.82. The average molecular weight is 132 g/mol. The predicted molar refractivity (Wildman–Crippen MR) is 32.2 cm³/mol. The maximum absolute atomic E-state index is 10.4. The standard InChI is InChI=1S/C5H8O2S/c1-2-5-3-8(6,7)4-5/h3H,2,4H2,1H3. The summed E-state index contributed by atoms with van der Waals surface area (Å²) in [4.78, 5) is 0. The van der Waals surface area contributed by atoms with Crippen molar-refractivity contribution in [1.29, 1.82) is 0 Å². The van der Waals surface area contributed by atoms with Crippen LogP contribution < -0.4 is 0 Å². The summed E-state index contributed by atoms with van der Waals surface area (Å²) in [7, 11) is -2.70. The van der Waals surface area contributed by atoms with Crippen molar-refractivity contribution >= 4 is 9.84 Å². The molecule has 3 heteroatoms. The van der Waals surface area contributed by atoms with Crippen molar-refractivity contribution in [2.24, 2.45) is 0 Å². The van der Waals surface area contributed by atoms with E-state index in [9.17, 15) is 8.42 Å². The summed E-state index contributed by atoms with van der Waals surface area (Å²) in [6, 6.07) is 0. The van der Waals surface area contributed by atoms with E-state index in [1.54, 1.807) is 0 Å². The first-order valence-corrected chi connectivity index (χ1v) is 4.28. The zero-order valence-corrected chi connectivity index (χ0v) is 5.53. The molecule has 2 nitrogen and oxygen atoms in total. The van der Waals surface area contributed by atoms with Gasteiger partial charge in [-0.05, 0) is 12.0 Å². The fourth-order valence-electron chi connectivity index (χ4n) is 0.674. The lowest BCUT2D eigenvalue weighted by Gasteiger charge is -2.11. The lowest BCUT2D eigenvalue weighted by molar-refractivity contribution is 0.601. The second kappa shape index (κ2) is 1.58. The average Bonchev–Trinajstić information content (AvgIpc) is 1.60. The molecular weight excluding hydrogens is 124 g/mol. The second-order valence-corrected chi connectivity index (χ2v) is 3.79. The molecule has 0 fully saturated rings. The summed E-state index contributed by atoms with van der Waals surface area (Å²) < 4.78 is 20.8. The molecule has 0 aromatic rings. The van der Waals surface area contributed by atoms with Crippen LogP contribution in [0.15, 0.2) is 11.0 Å². The third-order valence-electron chi connectivity index (χ3n) is 1.19. The molecule has 1 heterocycles. The van der Waals surface area contributed by atoms with Gasteiger partial charge in [0.15, 0.2) is 9.84 Å². The number of rotatable bonds is 1. The van der Waals surface area contributed by atoms with E-state index in [-0.39, 0.29) is 0 Å². The van der Waals surface area contributed by atoms with Gasteiger partial charge in [-0.25, -0.2) is 8.42 Å². The first-order chi connectivity index (χ1) is 3.64. The van der Waals surface area contributed by atoms with E-state index in [4.69, 9.17) is 0 Å². The molecule has 1 aliphatic heterocycles. The van der Waals surface area contributed by atoms with Crippen LogP contribution in [0.4, 0.5) is 0 Å². The van der Waals surface area contributed by atoms with Crippen molar-refractivity contribution in [3.63, 3.8) is 0 Å². The zero-order chi connectivity index (χ0) is 6.20. The van der Waals surface area contributed by atoms with E-state index >= 15 is 0 Å². The van der Waals surface area contributed by atoms with Gasteiger partial charge >= 0.3 is 0 Å². The third kappa shape index (κ3) is 0.916. The maximum Gasteiger partial charge on any atom is 0.175 e. The van der Waals surface area contributed by atoms with Crippen LogP contribution in [0.5, 0.6) is 0 Å².